The number of rotatable bonds is 4. The van der Waals surface area contributed by atoms with Gasteiger partial charge in [-0.3, -0.25) is 39.3 Å². The number of nitrogens with one attached hydrogen (secondary N) is 1. The van der Waals surface area contributed by atoms with E-state index in [4.69, 9.17) is 11.6 Å². The first-order chi connectivity index (χ1) is 15.9. The first-order valence-electron chi connectivity index (χ1n) is 10.8. The lowest BCUT2D eigenvalue weighted by atomic mass is 10.0. The zero-order chi connectivity index (χ0) is 23.1. The maximum atomic E-state index is 13.0. The van der Waals surface area contributed by atoms with E-state index in [0.717, 1.165) is 42.3 Å². The Kier molecular flexibility index (Phi) is 5.59. The molecule has 1 atom stereocenters. The number of anilines is 1. The minimum absolute atomic E-state index is 0.103. The highest BCUT2D eigenvalue weighted by Crippen LogP contribution is 2.29. The van der Waals surface area contributed by atoms with Gasteiger partial charge in [-0.1, -0.05) is 17.7 Å². The average molecular weight is 468 g/mol. The Labute approximate surface area is 195 Å². The van der Waals surface area contributed by atoms with Crippen molar-refractivity contribution < 1.29 is 19.2 Å². The van der Waals surface area contributed by atoms with Crippen LogP contribution in [0, 0.1) is 0 Å². The number of carbonyl (C=O) groups excluding carboxylic acids is 4. The van der Waals surface area contributed by atoms with Crippen LogP contribution in [0.25, 0.3) is 0 Å². The molecule has 170 valence electrons. The summed E-state index contributed by atoms with van der Waals surface area (Å²) < 4.78 is 0. The molecule has 2 saturated heterocycles. The lowest BCUT2D eigenvalue weighted by molar-refractivity contribution is -0.136. The Morgan fingerprint density at radius 1 is 1.00 bits per heavy atom. The van der Waals surface area contributed by atoms with Crippen LogP contribution in [0.15, 0.2) is 36.7 Å². The number of hydrogen-bond donors (Lipinski definition) is 1. The minimum atomic E-state index is -0.952. The summed E-state index contributed by atoms with van der Waals surface area (Å²) in [5.74, 6) is -1.96. The van der Waals surface area contributed by atoms with Gasteiger partial charge >= 0.3 is 0 Å². The van der Waals surface area contributed by atoms with Crippen LogP contribution < -0.4 is 10.2 Å². The van der Waals surface area contributed by atoms with Crippen molar-refractivity contribution in [2.24, 2.45) is 0 Å². The van der Waals surface area contributed by atoms with Crippen molar-refractivity contribution in [2.75, 3.05) is 31.1 Å². The third-order valence-electron chi connectivity index (χ3n) is 6.37. The van der Waals surface area contributed by atoms with E-state index in [1.807, 2.05) is 12.1 Å². The van der Waals surface area contributed by atoms with E-state index in [9.17, 15) is 19.2 Å². The van der Waals surface area contributed by atoms with Crippen molar-refractivity contribution in [1.29, 1.82) is 0 Å². The fraction of sp³-hybridized carbons (Fsp3) is 0.348. The van der Waals surface area contributed by atoms with Gasteiger partial charge in [-0.05, 0) is 30.2 Å². The number of fused-ring (bicyclic) bond motifs is 1. The molecule has 0 saturated carbocycles. The SMILES string of the molecule is O=C1CCC(N2C(=O)c3ccc(CN4CCN(c5ccncc5Cl)CC4)cc3C2=O)C(=O)N1. The molecule has 3 aliphatic heterocycles. The Morgan fingerprint density at radius 2 is 1.76 bits per heavy atom. The Morgan fingerprint density at radius 3 is 2.48 bits per heavy atom. The molecule has 4 heterocycles. The quantitative estimate of drug-likeness (QED) is 0.679. The van der Waals surface area contributed by atoms with Crippen LogP contribution in [0.5, 0.6) is 0 Å². The first-order valence-corrected chi connectivity index (χ1v) is 11.2. The summed E-state index contributed by atoms with van der Waals surface area (Å²) in [7, 11) is 0. The Balaban J connectivity index is 1.26. The standard InChI is InChI=1S/C23H22ClN5O4/c24-17-12-25-6-5-18(17)28-9-7-27(8-10-28)13-14-1-2-15-16(11-14)23(33)29(22(15)32)19-3-4-20(30)26-21(19)31/h1-2,5-6,11-12,19H,3-4,7-10,13H2,(H,26,30,31). The van der Waals surface area contributed by atoms with E-state index in [1.165, 1.54) is 0 Å². The van der Waals surface area contributed by atoms with Gasteiger partial charge in [0.2, 0.25) is 11.8 Å². The highest BCUT2D eigenvalue weighted by Gasteiger charge is 2.44. The smallest absolute Gasteiger partial charge is 0.262 e. The van der Waals surface area contributed by atoms with Crippen LogP contribution in [0.4, 0.5) is 5.69 Å². The van der Waals surface area contributed by atoms with Crippen LogP contribution in [0.1, 0.15) is 39.1 Å². The Bertz CT molecular complexity index is 1160. The molecule has 0 spiro atoms. The second kappa shape index (κ2) is 8.57. The van der Waals surface area contributed by atoms with Gasteiger partial charge < -0.3 is 4.90 Å². The third-order valence-corrected chi connectivity index (χ3v) is 6.67. The lowest BCUT2D eigenvalue weighted by Crippen LogP contribution is -2.54. The van der Waals surface area contributed by atoms with Crippen LogP contribution >= 0.6 is 11.6 Å². The number of amides is 4. The van der Waals surface area contributed by atoms with Crippen molar-refractivity contribution in [2.45, 2.75) is 25.4 Å². The number of piperidine rings is 1. The monoisotopic (exact) mass is 467 g/mol. The fourth-order valence-electron chi connectivity index (χ4n) is 4.65. The van der Waals surface area contributed by atoms with Gasteiger partial charge in [0.25, 0.3) is 11.8 Å². The predicted molar refractivity (Wildman–Crippen MR) is 120 cm³/mol. The molecule has 1 N–H and O–H groups in total. The largest absolute Gasteiger partial charge is 0.368 e. The highest BCUT2D eigenvalue weighted by atomic mass is 35.5. The highest BCUT2D eigenvalue weighted by molar-refractivity contribution is 6.33. The molecule has 1 aromatic carbocycles. The molecule has 10 heteroatoms. The third kappa shape index (κ3) is 3.98. The summed E-state index contributed by atoms with van der Waals surface area (Å²) in [4.78, 5) is 59.0. The number of hydrogen-bond acceptors (Lipinski definition) is 7. The maximum Gasteiger partial charge on any atom is 0.262 e. The normalized spacial score (nSPS) is 21.4. The fourth-order valence-corrected chi connectivity index (χ4v) is 4.88. The number of piperazine rings is 1. The van der Waals surface area contributed by atoms with Crippen LogP contribution in [0.2, 0.25) is 5.02 Å². The molecule has 0 bridgehead atoms. The van der Waals surface area contributed by atoms with Crippen LogP contribution in [-0.4, -0.2) is 70.6 Å². The van der Waals surface area contributed by atoms with E-state index >= 15 is 0 Å². The molecule has 3 aliphatic rings. The molecule has 0 aliphatic carbocycles. The molecule has 1 unspecified atom stereocenters. The number of nitrogens with zero attached hydrogens (tertiary/aromatic N) is 4. The summed E-state index contributed by atoms with van der Waals surface area (Å²) in [6.45, 7) is 3.92. The zero-order valence-electron chi connectivity index (χ0n) is 17.8. The van der Waals surface area contributed by atoms with E-state index in [-0.39, 0.29) is 18.7 Å². The second-order valence-electron chi connectivity index (χ2n) is 8.42. The first kappa shape index (κ1) is 21.5. The van der Waals surface area contributed by atoms with Crippen molar-refractivity contribution in [3.8, 4) is 0 Å². The molecule has 1 aromatic heterocycles. The van der Waals surface area contributed by atoms with Gasteiger partial charge in [0.15, 0.2) is 0 Å². The summed E-state index contributed by atoms with van der Waals surface area (Å²) in [6, 6.07) is 6.21. The number of pyridine rings is 1. The molecule has 0 radical (unpaired) electrons. The molecule has 9 nitrogen and oxygen atoms in total. The molecular formula is C23H22ClN5O4. The lowest BCUT2D eigenvalue weighted by Gasteiger charge is -2.36. The summed E-state index contributed by atoms with van der Waals surface area (Å²) in [6.07, 6.45) is 3.62. The topological polar surface area (TPSA) is 103 Å². The number of benzene rings is 1. The van der Waals surface area contributed by atoms with Gasteiger partial charge in [-0.15, -0.1) is 0 Å². The molecular weight excluding hydrogens is 446 g/mol. The molecule has 2 fully saturated rings. The van der Waals surface area contributed by atoms with Crippen molar-refractivity contribution in [3.63, 3.8) is 0 Å². The van der Waals surface area contributed by atoms with Crippen molar-refractivity contribution in [3.05, 3.63) is 58.4 Å². The summed E-state index contributed by atoms with van der Waals surface area (Å²) >= 11 is 6.26. The average Bonchev–Trinajstić information content (AvgIpc) is 3.05. The van der Waals surface area contributed by atoms with Gasteiger partial charge in [-0.2, -0.15) is 0 Å². The van der Waals surface area contributed by atoms with E-state index in [1.54, 1.807) is 24.5 Å². The van der Waals surface area contributed by atoms with Crippen LogP contribution in [-0.2, 0) is 16.1 Å². The molecule has 33 heavy (non-hydrogen) atoms. The van der Waals surface area contributed by atoms with Crippen molar-refractivity contribution in [1.82, 2.24) is 20.1 Å². The number of imide groups is 2. The van der Waals surface area contributed by atoms with Gasteiger partial charge in [0.1, 0.15) is 6.04 Å². The summed E-state index contributed by atoms with van der Waals surface area (Å²) in [5.41, 5.74) is 2.51. The molecule has 2 aromatic rings. The van der Waals surface area contributed by atoms with Crippen LogP contribution in [0.3, 0.4) is 0 Å². The van der Waals surface area contributed by atoms with Crippen molar-refractivity contribution >= 4 is 40.9 Å². The second-order valence-corrected chi connectivity index (χ2v) is 8.82. The number of halogens is 1. The van der Waals surface area contributed by atoms with E-state index in [0.29, 0.717) is 22.7 Å². The maximum absolute atomic E-state index is 13.0. The van der Waals surface area contributed by atoms with E-state index in [2.05, 4.69) is 20.1 Å². The number of aromatic nitrogens is 1. The predicted octanol–water partition coefficient (Wildman–Crippen LogP) is 1.46. The van der Waals surface area contributed by atoms with Gasteiger partial charge in [0.05, 0.1) is 21.8 Å². The zero-order valence-corrected chi connectivity index (χ0v) is 18.5. The molecule has 4 amide bonds. The van der Waals surface area contributed by atoms with Gasteiger partial charge in [-0.25, -0.2) is 0 Å². The summed E-state index contributed by atoms with van der Waals surface area (Å²) in [5, 5.41) is 2.84. The number of carbonyl (C=O) groups is 4. The Hall–Kier alpha value is -3.30. The van der Waals surface area contributed by atoms with E-state index < -0.39 is 23.8 Å². The van der Waals surface area contributed by atoms with Gasteiger partial charge in [0, 0.05) is 51.5 Å². The minimum Gasteiger partial charge on any atom is -0.368 e. The molecule has 5 rings (SSSR count).